The van der Waals surface area contributed by atoms with Crippen molar-refractivity contribution in [1.82, 2.24) is 15.3 Å². The number of benzene rings is 2. The van der Waals surface area contributed by atoms with E-state index in [0.717, 1.165) is 20.9 Å². The highest BCUT2D eigenvalue weighted by atomic mass is 79.9. The number of rotatable bonds is 5. The zero-order valence-corrected chi connectivity index (χ0v) is 15.7. The topological polar surface area (TPSA) is 64.1 Å². The predicted molar refractivity (Wildman–Crippen MR) is 101 cm³/mol. The molecule has 0 saturated carbocycles. The average molecular weight is 421 g/mol. The van der Waals surface area contributed by atoms with Crippen molar-refractivity contribution in [2.24, 2.45) is 0 Å². The maximum atomic E-state index is 12.2. The molecule has 1 unspecified atom stereocenters. The smallest absolute Gasteiger partial charge is 0.258 e. The van der Waals surface area contributed by atoms with Gasteiger partial charge in [0.15, 0.2) is 6.61 Å². The Hall–Kier alpha value is -2.18. The van der Waals surface area contributed by atoms with E-state index >= 15 is 0 Å². The number of carbonyl (C=O) groups excluding carboxylic acids is 1. The fraction of sp³-hybridized carbons (Fsp3) is 0.167. The lowest BCUT2D eigenvalue weighted by Gasteiger charge is -2.16. The summed E-state index contributed by atoms with van der Waals surface area (Å²) < 4.78 is 6.47. The Bertz CT molecular complexity index is 920. The van der Waals surface area contributed by atoms with Crippen LogP contribution in [0.5, 0.6) is 5.88 Å². The van der Waals surface area contributed by atoms with Gasteiger partial charge >= 0.3 is 0 Å². The van der Waals surface area contributed by atoms with Crippen LogP contribution in [0.4, 0.5) is 0 Å². The second-order valence-electron chi connectivity index (χ2n) is 5.44. The van der Waals surface area contributed by atoms with Crippen molar-refractivity contribution in [3.05, 3.63) is 63.9 Å². The molecule has 0 aliphatic carbocycles. The van der Waals surface area contributed by atoms with Gasteiger partial charge in [0.05, 0.1) is 16.9 Å². The average Bonchev–Trinajstić information content (AvgIpc) is 2.60. The molecule has 1 N–H and O–H groups in total. The minimum absolute atomic E-state index is 0.145. The highest BCUT2D eigenvalue weighted by molar-refractivity contribution is 9.10. The molecule has 0 aliphatic heterocycles. The van der Waals surface area contributed by atoms with Crippen LogP contribution in [0.3, 0.4) is 0 Å². The molecule has 0 bridgehead atoms. The zero-order chi connectivity index (χ0) is 17.8. The third-order valence-electron chi connectivity index (χ3n) is 3.65. The number of hydrogen-bond acceptors (Lipinski definition) is 4. The van der Waals surface area contributed by atoms with Gasteiger partial charge in [-0.15, -0.1) is 0 Å². The number of amides is 1. The Balaban J connectivity index is 1.67. The summed E-state index contributed by atoms with van der Waals surface area (Å²) in [6, 6.07) is 12.8. The Kier molecular flexibility index (Phi) is 5.50. The molecular weight excluding hydrogens is 406 g/mol. The maximum Gasteiger partial charge on any atom is 0.258 e. The molecular formula is C18H15BrClN3O2. The van der Waals surface area contributed by atoms with E-state index in [1.807, 2.05) is 43.3 Å². The Morgan fingerprint density at radius 2 is 2.08 bits per heavy atom. The van der Waals surface area contributed by atoms with Crippen LogP contribution in [-0.2, 0) is 4.79 Å². The number of carbonyl (C=O) groups is 1. The molecule has 5 nitrogen and oxygen atoms in total. The van der Waals surface area contributed by atoms with E-state index in [2.05, 4.69) is 31.2 Å². The van der Waals surface area contributed by atoms with E-state index in [1.54, 1.807) is 6.07 Å². The molecule has 1 atom stereocenters. The van der Waals surface area contributed by atoms with Crippen molar-refractivity contribution in [3.8, 4) is 5.88 Å². The van der Waals surface area contributed by atoms with Crippen LogP contribution in [0.2, 0.25) is 5.02 Å². The van der Waals surface area contributed by atoms with Gasteiger partial charge in [0.2, 0.25) is 5.88 Å². The summed E-state index contributed by atoms with van der Waals surface area (Å²) in [4.78, 5) is 20.5. The first-order valence-electron chi connectivity index (χ1n) is 7.61. The maximum absolute atomic E-state index is 12.2. The van der Waals surface area contributed by atoms with Gasteiger partial charge in [0.25, 0.3) is 5.91 Å². The minimum atomic E-state index is -0.255. The molecule has 1 heterocycles. The van der Waals surface area contributed by atoms with Gasteiger partial charge in [-0.3, -0.25) is 4.79 Å². The van der Waals surface area contributed by atoms with E-state index in [-0.39, 0.29) is 18.6 Å². The highest BCUT2D eigenvalue weighted by Crippen LogP contribution is 2.25. The zero-order valence-electron chi connectivity index (χ0n) is 13.4. The molecule has 0 spiro atoms. The standard InChI is InChI=1S/C18H15BrClN3O2/c1-11(13-4-2-3-5-15(13)20)23-17(24)9-25-18-14-8-12(19)6-7-16(14)21-10-22-18/h2-8,10-11H,9H2,1H3,(H,23,24). The van der Waals surface area contributed by atoms with Crippen LogP contribution in [0.15, 0.2) is 53.3 Å². The molecule has 1 aromatic heterocycles. The van der Waals surface area contributed by atoms with Crippen LogP contribution in [0.1, 0.15) is 18.5 Å². The molecule has 3 aromatic rings. The predicted octanol–water partition coefficient (Wildman–Crippen LogP) is 4.30. The molecule has 2 aromatic carbocycles. The SMILES string of the molecule is CC(NC(=O)COc1ncnc2ccc(Br)cc12)c1ccccc1Cl. The van der Waals surface area contributed by atoms with E-state index < -0.39 is 0 Å². The van der Waals surface area contributed by atoms with Gasteiger partial charge in [0.1, 0.15) is 6.33 Å². The lowest BCUT2D eigenvalue weighted by atomic mass is 10.1. The summed E-state index contributed by atoms with van der Waals surface area (Å²) in [6.07, 6.45) is 1.41. The van der Waals surface area contributed by atoms with E-state index in [4.69, 9.17) is 16.3 Å². The number of nitrogens with zero attached hydrogens (tertiary/aromatic N) is 2. The fourth-order valence-corrected chi connectivity index (χ4v) is 3.10. The summed E-state index contributed by atoms with van der Waals surface area (Å²) in [5.41, 5.74) is 1.60. The van der Waals surface area contributed by atoms with Crippen molar-refractivity contribution < 1.29 is 9.53 Å². The van der Waals surface area contributed by atoms with E-state index in [0.29, 0.717) is 10.9 Å². The Morgan fingerprint density at radius 3 is 2.88 bits per heavy atom. The second-order valence-corrected chi connectivity index (χ2v) is 6.76. The molecule has 3 rings (SSSR count). The third-order valence-corrected chi connectivity index (χ3v) is 4.49. The van der Waals surface area contributed by atoms with Crippen molar-refractivity contribution in [2.45, 2.75) is 13.0 Å². The molecule has 7 heteroatoms. The summed E-state index contributed by atoms with van der Waals surface area (Å²) in [6.45, 7) is 1.73. The number of ether oxygens (including phenoxy) is 1. The Morgan fingerprint density at radius 1 is 1.28 bits per heavy atom. The number of hydrogen-bond donors (Lipinski definition) is 1. The van der Waals surface area contributed by atoms with Crippen molar-refractivity contribution in [3.63, 3.8) is 0 Å². The van der Waals surface area contributed by atoms with Crippen LogP contribution < -0.4 is 10.1 Å². The highest BCUT2D eigenvalue weighted by Gasteiger charge is 2.14. The molecule has 0 fully saturated rings. The molecule has 25 heavy (non-hydrogen) atoms. The van der Waals surface area contributed by atoms with E-state index in [9.17, 15) is 4.79 Å². The van der Waals surface area contributed by atoms with Crippen LogP contribution in [0.25, 0.3) is 10.9 Å². The monoisotopic (exact) mass is 419 g/mol. The minimum Gasteiger partial charge on any atom is -0.467 e. The van der Waals surface area contributed by atoms with Gasteiger partial charge in [-0.25, -0.2) is 9.97 Å². The van der Waals surface area contributed by atoms with Crippen molar-refractivity contribution in [1.29, 1.82) is 0 Å². The van der Waals surface area contributed by atoms with Crippen molar-refractivity contribution >= 4 is 44.3 Å². The quantitative estimate of drug-likeness (QED) is 0.668. The van der Waals surface area contributed by atoms with E-state index in [1.165, 1.54) is 6.33 Å². The summed E-state index contributed by atoms with van der Waals surface area (Å²) in [5.74, 6) is 0.112. The number of fused-ring (bicyclic) bond motifs is 1. The van der Waals surface area contributed by atoms with Gasteiger partial charge in [0, 0.05) is 9.50 Å². The lowest BCUT2D eigenvalue weighted by molar-refractivity contribution is -0.123. The summed E-state index contributed by atoms with van der Waals surface area (Å²) in [5, 5.41) is 4.22. The molecule has 0 aliphatic rings. The first kappa shape index (κ1) is 17.6. The Labute approximate surface area is 158 Å². The molecule has 1 amide bonds. The summed E-state index contributed by atoms with van der Waals surface area (Å²) >= 11 is 9.56. The summed E-state index contributed by atoms with van der Waals surface area (Å²) in [7, 11) is 0. The molecule has 0 saturated heterocycles. The third kappa shape index (κ3) is 4.27. The van der Waals surface area contributed by atoms with Gasteiger partial charge in [-0.1, -0.05) is 45.7 Å². The number of aromatic nitrogens is 2. The molecule has 128 valence electrons. The first-order chi connectivity index (χ1) is 12.0. The molecule has 0 radical (unpaired) electrons. The van der Waals surface area contributed by atoms with Gasteiger partial charge in [-0.05, 0) is 36.8 Å². The second kappa shape index (κ2) is 7.80. The first-order valence-corrected chi connectivity index (χ1v) is 8.78. The van der Waals surface area contributed by atoms with Gasteiger partial charge < -0.3 is 10.1 Å². The lowest BCUT2D eigenvalue weighted by Crippen LogP contribution is -2.31. The normalized spacial score (nSPS) is 12.0. The largest absolute Gasteiger partial charge is 0.467 e. The van der Waals surface area contributed by atoms with Crippen LogP contribution in [0, 0.1) is 0 Å². The fourth-order valence-electron chi connectivity index (χ4n) is 2.44. The number of nitrogens with one attached hydrogen (secondary N) is 1. The van der Waals surface area contributed by atoms with Crippen LogP contribution >= 0.6 is 27.5 Å². The van der Waals surface area contributed by atoms with Crippen molar-refractivity contribution in [2.75, 3.05) is 6.61 Å². The number of halogens is 2. The van der Waals surface area contributed by atoms with Gasteiger partial charge in [-0.2, -0.15) is 0 Å². The van der Waals surface area contributed by atoms with Crippen LogP contribution in [-0.4, -0.2) is 22.5 Å².